The molecular weight excluding hydrogens is 743 g/mol. The maximum atomic E-state index is 12.6. The molecule has 1 aliphatic carbocycles. The molecular formula is C32H37N4Na2O10S3+. The molecule has 4 rings (SSSR count). The summed E-state index contributed by atoms with van der Waals surface area (Å²) in [6, 6.07) is 13.0. The van der Waals surface area contributed by atoms with Gasteiger partial charge in [-0.15, -0.1) is 0 Å². The second kappa shape index (κ2) is 17.4. The largest absolute Gasteiger partial charge is 1.00 e. The molecule has 0 heterocycles. The summed E-state index contributed by atoms with van der Waals surface area (Å²) in [5, 5.41) is 2.93. The van der Waals surface area contributed by atoms with E-state index in [0.717, 1.165) is 6.07 Å². The van der Waals surface area contributed by atoms with Gasteiger partial charge in [-0.05, 0) is 78.6 Å². The smallest absolute Gasteiger partial charge is 0.744 e. The van der Waals surface area contributed by atoms with Gasteiger partial charge in [-0.1, -0.05) is 24.3 Å². The van der Waals surface area contributed by atoms with E-state index in [2.05, 4.69) is 16.8 Å². The van der Waals surface area contributed by atoms with Crippen molar-refractivity contribution < 1.29 is 114 Å². The van der Waals surface area contributed by atoms with Crippen LogP contribution in [-0.4, -0.2) is 72.7 Å². The number of benzene rings is 3. The molecule has 51 heavy (non-hydrogen) atoms. The zero-order valence-corrected chi connectivity index (χ0v) is 35.7. The van der Waals surface area contributed by atoms with Gasteiger partial charge in [-0.3, -0.25) is 0 Å². The van der Waals surface area contributed by atoms with Crippen LogP contribution < -0.4 is 85.5 Å². The third-order valence-corrected chi connectivity index (χ3v) is 10.9. The first-order valence-corrected chi connectivity index (χ1v) is 19.1. The Morgan fingerprint density at radius 2 is 1.47 bits per heavy atom. The molecule has 3 aromatic carbocycles. The molecule has 0 bridgehead atoms. The van der Waals surface area contributed by atoms with Crippen LogP contribution in [0.15, 0.2) is 93.1 Å². The van der Waals surface area contributed by atoms with Gasteiger partial charge in [0, 0.05) is 31.4 Å². The summed E-state index contributed by atoms with van der Waals surface area (Å²) in [7, 11) is -11.8. The standard InChI is InChI=1S/C32H38N4O10S3.2Na/c1-5-46-27-17-23(35-25-10-6-20(2)14-28(25)47(37,38)39)8-9-24(27)31(21-7-11-26(36(3)4)29(15-21)48(40,41)42)22-12-13-32(18-33,19-34)30(16-22)49(43,44)45;;/h6-17,35H,5,18-19,33-34H2,1-4H3,(H,37,38,39)(H,40,41,42)(H,43,44,45);;/q;2*+1/p-1/b31-22+;;. The van der Waals surface area contributed by atoms with Crippen molar-refractivity contribution in [2.45, 2.75) is 23.6 Å². The summed E-state index contributed by atoms with van der Waals surface area (Å²) in [4.78, 5) is -0.0365. The van der Waals surface area contributed by atoms with E-state index in [1.807, 2.05) is 0 Å². The summed E-state index contributed by atoms with van der Waals surface area (Å²) >= 11 is 0. The minimum atomic E-state index is -5.04. The number of anilines is 3. The Kier molecular flexibility index (Phi) is 15.4. The van der Waals surface area contributed by atoms with Crippen molar-refractivity contribution >= 4 is 53.0 Å². The molecule has 0 aliphatic heterocycles. The third kappa shape index (κ3) is 10.1. The fourth-order valence-corrected chi connectivity index (χ4v) is 8.11. The zero-order valence-electron chi connectivity index (χ0n) is 29.2. The Morgan fingerprint density at radius 1 is 0.843 bits per heavy atom. The number of allylic oxidation sites excluding steroid dienone is 3. The van der Waals surface area contributed by atoms with E-state index in [4.69, 9.17) is 4.74 Å². The summed E-state index contributed by atoms with van der Waals surface area (Å²) in [5.41, 5.74) is 8.23. The number of rotatable bonds is 12. The molecule has 0 aromatic heterocycles. The van der Waals surface area contributed by atoms with Gasteiger partial charge in [0.05, 0.1) is 45.8 Å². The van der Waals surface area contributed by atoms with Gasteiger partial charge in [-0.2, -0.15) is 0 Å². The van der Waals surface area contributed by atoms with Crippen molar-refractivity contribution in [2.24, 2.45) is 5.41 Å². The Labute approximate surface area is 342 Å². The summed E-state index contributed by atoms with van der Waals surface area (Å²) in [5.74, 6) is 0.177. The first kappa shape index (κ1) is 45.1. The van der Waals surface area contributed by atoms with Crippen LogP contribution in [0.1, 0.15) is 23.6 Å². The number of nitrogens with one attached hydrogen (secondary N) is 1. The Morgan fingerprint density at radius 3 is 2.00 bits per heavy atom. The van der Waals surface area contributed by atoms with E-state index in [9.17, 15) is 38.9 Å². The normalized spacial score (nSPS) is 15.2. The molecule has 0 saturated carbocycles. The van der Waals surface area contributed by atoms with Gasteiger partial charge in [0.2, 0.25) is 0 Å². The molecule has 3 aromatic rings. The van der Waals surface area contributed by atoms with Crippen molar-refractivity contribution in [2.75, 3.05) is 44.0 Å². The fourth-order valence-electron chi connectivity index (χ4n) is 5.57. The van der Waals surface area contributed by atoms with Crippen LogP contribution in [0.5, 0.6) is 5.75 Å². The predicted octanol–water partition coefficient (Wildman–Crippen LogP) is -4.71. The van der Waals surface area contributed by atoms with Crippen molar-refractivity contribution in [1.82, 2.24) is 0 Å². The van der Waals surface area contributed by atoms with E-state index in [1.165, 1.54) is 47.4 Å². The van der Waals surface area contributed by atoms with Crippen LogP contribution >= 0.6 is 0 Å². The average molecular weight is 780 g/mol. The summed E-state index contributed by atoms with van der Waals surface area (Å²) in [6.45, 7) is 3.47. The molecule has 0 amide bonds. The van der Waals surface area contributed by atoms with Gasteiger partial charge >= 0.3 is 59.1 Å². The Balaban J connectivity index is 0.00000451. The van der Waals surface area contributed by atoms with Gasteiger partial charge in [0.1, 0.15) is 41.5 Å². The second-order valence-electron chi connectivity index (χ2n) is 11.5. The van der Waals surface area contributed by atoms with Crippen LogP contribution in [0, 0.1) is 12.3 Å². The molecule has 14 nitrogen and oxygen atoms in total. The third-order valence-electron chi connectivity index (χ3n) is 8.05. The van der Waals surface area contributed by atoms with E-state index in [1.54, 1.807) is 52.2 Å². The molecule has 7 N–H and O–H groups in total. The zero-order chi connectivity index (χ0) is 36.5. The minimum absolute atomic E-state index is 0. The molecule has 0 unspecified atom stereocenters. The van der Waals surface area contributed by atoms with Gasteiger partial charge in [-0.25, -0.2) is 25.3 Å². The number of hydrogen-bond acceptors (Lipinski definition) is 12. The maximum absolute atomic E-state index is 12.6. The van der Waals surface area contributed by atoms with Crippen LogP contribution in [0.4, 0.5) is 17.1 Å². The molecule has 1 aliphatic rings. The number of quaternary nitrogens is 2. The molecule has 0 atom stereocenters. The first-order valence-electron chi connectivity index (χ1n) is 14.8. The Bertz CT molecular complexity index is 2220. The van der Waals surface area contributed by atoms with E-state index in [0.29, 0.717) is 16.8 Å². The first-order chi connectivity index (χ1) is 22.8. The van der Waals surface area contributed by atoms with E-state index < -0.39 is 50.5 Å². The molecule has 0 radical (unpaired) electrons. The van der Waals surface area contributed by atoms with Crippen LogP contribution in [0.25, 0.3) is 5.57 Å². The molecule has 0 fully saturated rings. The Hall–Kier alpha value is -2.07. The predicted molar refractivity (Wildman–Crippen MR) is 180 cm³/mol. The number of hydrogen-bond donors (Lipinski definition) is 3. The van der Waals surface area contributed by atoms with Crippen LogP contribution in [0.2, 0.25) is 0 Å². The molecule has 0 spiro atoms. The van der Waals surface area contributed by atoms with Gasteiger partial charge < -0.3 is 40.1 Å². The average Bonchev–Trinajstić information content (AvgIpc) is 3.01. The van der Waals surface area contributed by atoms with Crippen molar-refractivity contribution in [3.05, 3.63) is 100.0 Å². The fraction of sp³-hybridized carbons (Fsp3) is 0.250. The maximum Gasteiger partial charge on any atom is 1.00 e. The SMILES string of the molecule is CCOc1cc(Nc2ccc(C)cc2S(=O)(=O)[O-])ccc1/C(=C1\C=CC(C[NH3+])(C[NH3+])C(S(=O)(=O)[O-])=C1)c1ccc(N(C)C)c(S(=O)(=O)[O-])c1.[Na+].[Na+]. The number of nitrogens with zero attached hydrogens (tertiary/aromatic N) is 1. The van der Waals surface area contributed by atoms with Gasteiger partial charge in [0.15, 0.2) is 0 Å². The number of ether oxygens (including phenoxy) is 1. The molecule has 19 heteroatoms. The minimum Gasteiger partial charge on any atom is -0.744 e. The monoisotopic (exact) mass is 779 g/mol. The quantitative estimate of drug-likeness (QED) is 0.116. The van der Waals surface area contributed by atoms with E-state index >= 15 is 0 Å². The second-order valence-corrected chi connectivity index (χ2v) is 15.6. The van der Waals surface area contributed by atoms with E-state index in [-0.39, 0.29) is 113 Å². The van der Waals surface area contributed by atoms with Crippen LogP contribution in [0.3, 0.4) is 0 Å². The van der Waals surface area contributed by atoms with Gasteiger partial charge in [0.25, 0.3) is 0 Å². The van der Waals surface area contributed by atoms with Crippen molar-refractivity contribution in [3.8, 4) is 5.75 Å². The van der Waals surface area contributed by atoms with Crippen LogP contribution in [-0.2, 0) is 30.4 Å². The topological polar surface area (TPSA) is 251 Å². The molecule has 0 saturated heterocycles. The molecule has 264 valence electrons. The number of aryl methyl sites for hydroxylation is 1. The van der Waals surface area contributed by atoms with Crippen molar-refractivity contribution in [3.63, 3.8) is 0 Å². The summed E-state index contributed by atoms with van der Waals surface area (Å²) in [6.07, 6.45) is 4.29. The summed E-state index contributed by atoms with van der Waals surface area (Å²) < 4.78 is 117. The van der Waals surface area contributed by atoms with Crippen molar-refractivity contribution in [1.29, 1.82) is 0 Å².